The van der Waals surface area contributed by atoms with Gasteiger partial charge in [-0.3, -0.25) is 4.79 Å². The number of halogens is 3. The minimum atomic E-state index is -4.47. The van der Waals surface area contributed by atoms with Crippen molar-refractivity contribution in [2.24, 2.45) is 0 Å². The molecule has 0 saturated heterocycles. The Bertz CT molecular complexity index is 1220. The van der Waals surface area contributed by atoms with Crippen LogP contribution in [0.4, 0.5) is 29.3 Å². The lowest BCUT2D eigenvalue weighted by molar-refractivity contribution is -0.139. The topological polar surface area (TPSA) is 70.7 Å². The third-order valence-corrected chi connectivity index (χ3v) is 5.57. The van der Waals surface area contributed by atoms with Gasteiger partial charge in [0.05, 0.1) is 5.56 Å². The number of nitrogens with zero attached hydrogens (tertiary/aromatic N) is 1. The van der Waals surface area contributed by atoms with Crippen LogP contribution in [0.5, 0.6) is 5.75 Å². The lowest BCUT2D eigenvalue weighted by Crippen LogP contribution is -2.38. The average molecular weight is 483 g/mol. The Labute approximate surface area is 200 Å². The molecule has 1 heterocycles. The maximum absolute atomic E-state index is 13.1. The number of benzene rings is 3. The van der Waals surface area contributed by atoms with E-state index in [1.54, 1.807) is 55.5 Å². The first-order chi connectivity index (χ1) is 16.7. The van der Waals surface area contributed by atoms with Crippen molar-refractivity contribution >= 4 is 23.3 Å². The SMILES string of the molecule is CC[C@H]1Oc2ccc(NC(=O)Nc3ccccc3)cc2CN(Cc2cccc(C(F)(F)F)c2)C1=O. The summed E-state index contributed by atoms with van der Waals surface area (Å²) in [6.45, 7) is 1.92. The highest BCUT2D eigenvalue weighted by Crippen LogP contribution is 2.32. The van der Waals surface area contributed by atoms with E-state index in [0.29, 0.717) is 34.7 Å². The third kappa shape index (κ3) is 5.92. The van der Waals surface area contributed by atoms with Crippen LogP contribution >= 0.6 is 0 Å². The summed E-state index contributed by atoms with van der Waals surface area (Å²) in [6, 6.07) is 18.5. The van der Waals surface area contributed by atoms with Crippen LogP contribution in [0, 0.1) is 0 Å². The molecule has 1 aliphatic rings. The van der Waals surface area contributed by atoms with Crippen molar-refractivity contribution in [3.05, 3.63) is 89.5 Å². The molecule has 1 aliphatic heterocycles. The van der Waals surface area contributed by atoms with Crippen LogP contribution in [0.15, 0.2) is 72.8 Å². The van der Waals surface area contributed by atoms with Crippen LogP contribution in [-0.2, 0) is 24.1 Å². The third-order valence-electron chi connectivity index (χ3n) is 5.57. The highest BCUT2D eigenvalue weighted by atomic mass is 19.4. The number of nitrogens with one attached hydrogen (secondary N) is 2. The Morgan fingerprint density at radius 1 is 1.00 bits per heavy atom. The minimum absolute atomic E-state index is 0.00575. The van der Waals surface area contributed by atoms with E-state index >= 15 is 0 Å². The van der Waals surface area contributed by atoms with Gasteiger partial charge in [-0.1, -0.05) is 37.3 Å². The standard InChI is InChI=1S/C26H24F3N3O3/c1-2-22-24(33)32(15-17-7-6-8-19(13-17)26(27,28)29)16-18-14-21(11-12-23(18)35-22)31-25(34)30-20-9-4-3-5-10-20/h3-14,22H,2,15-16H2,1H3,(H2,30,31,34)/t22-/m1/s1. The van der Waals surface area contributed by atoms with Gasteiger partial charge in [0.25, 0.3) is 5.91 Å². The maximum atomic E-state index is 13.1. The van der Waals surface area contributed by atoms with E-state index in [1.165, 1.54) is 11.0 Å². The molecule has 9 heteroatoms. The molecule has 0 spiro atoms. The highest BCUT2D eigenvalue weighted by Gasteiger charge is 2.32. The second-order valence-electron chi connectivity index (χ2n) is 8.17. The number of amides is 3. The number of alkyl halides is 3. The smallest absolute Gasteiger partial charge is 0.416 e. The second-order valence-corrected chi connectivity index (χ2v) is 8.17. The molecule has 0 aliphatic carbocycles. The van der Waals surface area contributed by atoms with E-state index in [0.717, 1.165) is 12.1 Å². The van der Waals surface area contributed by atoms with Crippen LogP contribution in [0.1, 0.15) is 30.0 Å². The van der Waals surface area contributed by atoms with E-state index in [2.05, 4.69) is 10.6 Å². The lowest BCUT2D eigenvalue weighted by atomic mass is 10.1. The Morgan fingerprint density at radius 2 is 1.74 bits per heavy atom. The van der Waals surface area contributed by atoms with Gasteiger partial charge in [0.1, 0.15) is 5.75 Å². The maximum Gasteiger partial charge on any atom is 0.416 e. The van der Waals surface area contributed by atoms with Crippen molar-refractivity contribution in [3.8, 4) is 5.75 Å². The Hall–Kier alpha value is -4.01. The molecule has 1 atom stereocenters. The van der Waals surface area contributed by atoms with Gasteiger partial charge in [-0.05, 0) is 54.4 Å². The summed E-state index contributed by atoms with van der Waals surface area (Å²) in [4.78, 5) is 26.9. The van der Waals surface area contributed by atoms with E-state index in [-0.39, 0.29) is 19.0 Å². The number of hydrogen-bond acceptors (Lipinski definition) is 3. The van der Waals surface area contributed by atoms with Crippen molar-refractivity contribution in [2.45, 2.75) is 38.7 Å². The number of para-hydroxylation sites is 1. The molecule has 0 radical (unpaired) electrons. The van der Waals surface area contributed by atoms with Crippen molar-refractivity contribution < 1.29 is 27.5 Å². The van der Waals surface area contributed by atoms with Crippen LogP contribution < -0.4 is 15.4 Å². The summed E-state index contributed by atoms with van der Waals surface area (Å²) < 4.78 is 45.4. The number of urea groups is 1. The Kier molecular flexibility index (Phi) is 6.95. The first-order valence-corrected chi connectivity index (χ1v) is 11.1. The average Bonchev–Trinajstić information content (AvgIpc) is 2.95. The van der Waals surface area contributed by atoms with Crippen LogP contribution in [-0.4, -0.2) is 22.9 Å². The van der Waals surface area contributed by atoms with Gasteiger partial charge in [-0.25, -0.2) is 4.79 Å². The minimum Gasteiger partial charge on any atom is -0.480 e. The number of carbonyl (C=O) groups is 2. The molecule has 35 heavy (non-hydrogen) atoms. The number of hydrogen-bond donors (Lipinski definition) is 2. The van der Waals surface area contributed by atoms with Crippen molar-refractivity contribution in [1.29, 1.82) is 0 Å². The van der Waals surface area contributed by atoms with Crippen molar-refractivity contribution in [2.75, 3.05) is 10.6 Å². The molecular weight excluding hydrogens is 459 g/mol. The van der Waals surface area contributed by atoms with E-state index in [9.17, 15) is 22.8 Å². The molecule has 0 fully saturated rings. The number of carbonyl (C=O) groups excluding carboxylic acids is 2. The summed E-state index contributed by atoms with van der Waals surface area (Å²) in [5.41, 5.74) is 1.35. The fourth-order valence-electron chi connectivity index (χ4n) is 3.86. The number of anilines is 2. The van der Waals surface area contributed by atoms with E-state index < -0.39 is 23.9 Å². The molecular formula is C26H24F3N3O3. The van der Waals surface area contributed by atoms with Crippen LogP contribution in [0.3, 0.4) is 0 Å². The fourth-order valence-corrected chi connectivity index (χ4v) is 3.86. The predicted molar refractivity (Wildman–Crippen MR) is 126 cm³/mol. The molecule has 6 nitrogen and oxygen atoms in total. The second kappa shape index (κ2) is 10.1. The molecule has 4 rings (SSSR count). The van der Waals surface area contributed by atoms with Crippen LogP contribution in [0.25, 0.3) is 0 Å². The molecule has 0 aromatic heterocycles. The van der Waals surface area contributed by atoms with Gasteiger partial charge < -0.3 is 20.3 Å². The summed E-state index contributed by atoms with van der Waals surface area (Å²) in [6.07, 6.45) is -4.83. The monoisotopic (exact) mass is 483 g/mol. The van der Waals surface area contributed by atoms with Crippen LogP contribution in [0.2, 0.25) is 0 Å². The zero-order chi connectivity index (χ0) is 25.0. The molecule has 182 valence electrons. The molecule has 0 bridgehead atoms. The summed E-state index contributed by atoms with van der Waals surface area (Å²) in [5, 5.41) is 5.48. The molecule has 3 aromatic rings. The van der Waals surface area contributed by atoms with Gasteiger partial charge in [-0.2, -0.15) is 13.2 Å². The van der Waals surface area contributed by atoms with Gasteiger partial charge in [-0.15, -0.1) is 0 Å². The first kappa shape index (κ1) is 24.1. The fraction of sp³-hybridized carbons (Fsp3) is 0.231. The van der Waals surface area contributed by atoms with Gasteiger partial charge in [0, 0.05) is 30.0 Å². The number of rotatable bonds is 5. The molecule has 2 N–H and O–H groups in total. The first-order valence-electron chi connectivity index (χ1n) is 11.1. The summed E-state index contributed by atoms with van der Waals surface area (Å²) >= 11 is 0. The zero-order valence-corrected chi connectivity index (χ0v) is 18.9. The molecule has 3 amide bonds. The summed E-state index contributed by atoms with van der Waals surface area (Å²) in [7, 11) is 0. The van der Waals surface area contributed by atoms with Crippen molar-refractivity contribution in [1.82, 2.24) is 4.90 Å². The quantitative estimate of drug-likeness (QED) is 0.464. The molecule has 3 aromatic carbocycles. The van der Waals surface area contributed by atoms with Gasteiger partial charge >= 0.3 is 12.2 Å². The molecule has 0 saturated carbocycles. The van der Waals surface area contributed by atoms with E-state index in [4.69, 9.17) is 4.74 Å². The number of ether oxygens (including phenoxy) is 1. The number of fused-ring (bicyclic) bond motifs is 1. The summed E-state index contributed by atoms with van der Waals surface area (Å²) in [5.74, 6) is 0.184. The molecule has 0 unspecified atom stereocenters. The largest absolute Gasteiger partial charge is 0.480 e. The van der Waals surface area contributed by atoms with Crippen molar-refractivity contribution in [3.63, 3.8) is 0 Å². The predicted octanol–water partition coefficient (Wildman–Crippen LogP) is 6.05. The highest BCUT2D eigenvalue weighted by molar-refractivity contribution is 5.99. The zero-order valence-electron chi connectivity index (χ0n) is 18.9. The van der Waals surface area contributed by atoms with Gasteiger partial charge in [0.15, 0.2) is 6.10 Å². The Balaban J connectivity index is 1.55. The van der Waals surface area contributed by atoms with Gasteiger partial charge in [0.2, 0.25) is 0 Å². The van der Waals surface area contributed by atoms with E-state index in [1.807, 2.05) is 6.07 Å². The Morgan fingerprint density at radius 3 is 2.46 bits per heavy atom. The lowest BCUT2D eigenvalue weighted by Gasteiger charge is -2.23. The normalized spacial score (nSPS) is 15.6.